The van der Waals surface area contributed by atoms with Gasteiger partial charge in [0, 0.05) is 13.7 Å². The molecule has 0 aromatic carbocycles. The molecule has 0 aromatic heterocycles. The van der Waals surface area contributed by atoms with Crippen LogP contribution in [0.25, 0.3) is 0 Å². The van der Waals surface area contributed by atoms with E-state index in [2.05, 4.69) is 10.1 Å². The molecule has 0 rings (SSSR count). The number of rotatable bonds is 8. The quantitative estimate of drug-likeness (QED) is 0.544. The largest absolute Gasteiger partial charge is 0.479 e. The SMILES string of the molecule is COC(CNC(=O)N(CCO)CC(F)F)C(=O)O. The van der Waals surface area contributed by atoms with E-state index in [9.17, 15) is 18.4 Å². The number of carbonyl (C=O) groups excluding carboxylic acids is 1. The highest BCUT2D eigenvalue weighted by Crippen LogP contribution is 1.99. The summed E-state index contributed by atoms with van der Waals surface area (Å²) in [4.78, 5) is 22.7. The molecular weight excluding hydrogens is 254 g/mol. The van der Waals surface area contributed by atoms with Gasteiger partial charge in [-0.25, -0.2) is 18.4 Å². The van der Waals surface area contributed by atoms with Crippen molar-refractivity contribution in [2.45, 2.75) is 12.5 Å². The Balaban J connectivity index is 4.28. The number of carboxylic acids is 1. The molecule has 1 unspecified atom stereocenters. The molecule has 3 N–H and O–H groups in total. The Morgan fingerprint density at radius 1 is 1.44 bits per heavy atom. The first kappa shape index (κ1) is 16.5. The molecule has 0 aromatic rings. The van der Waals surface area contributed by atoms with Gasteiger partial charge in [-0.05, 0) is 0 Å². The van der Waals surface area contributed by atoms with Gasteiger partial charge in [-0.15, -0.1) is 0 Å². The van der Waals surface area contributed by atoms with Crippen LogP contribution < -0.4 is 5.32 Å². The predicted octanol–water partition coefficient (Wildman–Crippen LogP) is -0.645. The number of amides is 2. The molecule has 0 heterocycles. The second kappa shape index (κ2) is 8.59. The van der Waals surface area contributed by atoms with Crippen LogP contribution in [0.3, 0.4) is 0 Å². The molecule has 7 nitrogen and oxygen atoms in total. The van der Waals surface area contributed by atoms with Crippen LogP contribution in [-0.2, 0) is 9.53 Å². The minimum Gasteiger partial charge on any atom is -0.479 e. The molecule has 0 aliphatic carbocycles. The molecule has 0 aliphatic rings. The van der Waals surface area contributed by atoms with Crippen molar-refractivity contribution in [1.29, 1.82) is 0 Å². The minimum atomic E-state index is -2.74. The fourth-order valence-electron chi connectivity index (χ4n) is 1.13. The summed E-state index contributed by atoms with van der Waals surface area (Å²) in [6, 6.07) is -0.882. The Morgan fingerprint density at radius 2 is 2.06 bits per heavy atom. The van der Waals surface area contributed by atoms with Crippen LogP contribution in [0.15, 0.2) is 0 Å². The smallest absolute Gasteiger partial charge is 0.334 e. The van der Waals surface area contributed by atoms with Crippen molar-refractivity contribution in [3.63, 3.8) is 0 Å². The van der Waals surface area contributed by atoms with E-state index in [1.807, 2.05) is 0 Å². The molecule has 0 radical (unpaired) electrons. The normalized spacial score (nSPS) is 12.3. The van der Waals surface area contributed by atoms with Crippen LogP contribution in [0, 0.1) is 0 Å². The molecule has 1 atom stereocenters. The molecule has 18 heavy (non-hydrogen) atoms. The molecule has 0 spiro atoms. The van der Waals surface area contributed by atoms with Crippen molar-refractivity contribution in [3.8, 4) is 0 Å². The number of aliphatic hydroxyl groups excluding tert-OH is 1. The standard InChI is InChI=1S/C9H16F2N2O5/c1-18-6(8(15)16)4-12-9(17)13(2-3-14)5-7(10)11/h6-7,14H,2-5H2,1H3,(H,12,17)(H,15,16). The average Bonchev–Trinajstić information content (AvgIpc) is 2.28. The number of hydrogen-bond acceptors (Lipinski definition) is 4. The topological polar surface area (TPSA) is 99.1 Å². The monoisotopic (exact) mass is 270 g/mol. The molecule has 106 valence electrons. The van der Waals surface area contributed by atoms with Crippen molar-refractivity contribution < 1.29 is 33.3 Å². The summed E-state index contributed by atoms with van der Waals surface area (Å²) in [5.41, 5.74) is 0. The number of aliphatic hydroxyl groups is 1. The van der Waals surface area contributed by atoms with Crippen LogP contribution in [0.2, 0.25) is 0 Å². The number of hydrogen-bond donors (Lipinski definition) is 3. The van der Waals surface area contributed by atoms with Gasteiger partial charge in [0.1, 0.15) is 0 Å². The van der Waals surface area contributed by atoms with E-state index in [0.29, 0.717) is 4.90 Å². The van der Waals surface area contributed by atoms with Crippen molar-refractivity contribution in [1.82, 2.24) is 10.2 Å². The van der Waals surface area contributed by atoms with Gasteiger partial charge in [-0.3, -0.25) is 0 Å². The first-order chi connectivity index (χ1) is 8.42. The zero-order valence-electron chi connectivity index (χ0n) is 9.81. The Kier molecular flexibility index (Phi) is 7.88. The fourth-order valence-corrected chi connectivity index (χ4v) is 1.13. The first-order valence-electron chi connectivity index (χ1n) is 5.09. The molecule has 0 saturated carbocycles. The van der Waals surface area contributed by atoms with Gasteiger partial charge in [0.2, 0.25) is 0 Å². The third-order valence-corrected chi connectivity index (χ3v) is 2.01. The summed E-state index contributed by atoms with van der Waals surface area (Å²) in [7, 11) is 1.15. The van der Waals surface area contributed by atoms with E-state index in [1.165, 1.54) is 0 Å². The van der Waals surface area contributed by atoms with E-state index in [1.54, 1.807) is 0 Å². The van der Waals surface area contributed by atoms with Crippen molar-refractivity contribution in [2.75, 3.05) is 33.4 Å². The Hall–Kier alpha value is -1.48. The van der Waals surface area contributed by atoms with Gasteiger partial charge in [-0.2, -0.15) is 0 Å². The van der Waals surface area contributed by atoms with E-state index in [0.717, 1.165) is 7.11 Å². The van der Waals surface area contributed by atoms with Crippen LogP contribution in [0.5, 0.6) is 0 Å². The highest BCUT2D eigenvalue weighted by Gasteiger charge is 2.21. The van der Waals surface area contributed by atoms with Crippen molar-refractivity contribution in [3.05, 3.63) is 0 Å². The van der Waals surface area contributed by atoms with Crippen LogP contribution >= 0.6 is 0 Å². The molecule has 0 aliphatic heterocycles. The minimum absolute atomic E-state index is 0.263. The number of ether oxygens (including phenoxy) is 1. The highest BCUT2D eigenvalue weighted by molar-refractivity contribution is 5.77. The number of aliphatic carboxylic acids is 1. The molecule has 0 fully saturated rings. The van der Waals surface area contributed by atoms with Crippen LogP contribution in [-0.4, -0.2) is 73.0 Å². The van der Waals surface area contributed by atoms with Gasteiger partial charge in [0.25, 0.3) is 6.43 Å². The Labute approximate surface area is 102 Å². The van der Waals surface area contributed by atoms with Crippen LogP contribution in [0.1, 0.15) is 0 Å². The van der Waals surface area contributed by atoms with E-state index < -0.39 is 37.7 Å². The first-order valence-corrected chi connectivity index (χ1v) is 5.09. The number of halogens is 2. The fraction of sp³-hybridized carbons (Fsp3) is 0.778. The van der Waals surface area contributed by atoms with E-state index in [-0.39, 0.29) is 13.1 Å². The lowest BCUT2D eigenvalue weighted by Crippen LogP contribution is -2.47. The third kappa shape index (κ3) is 6.30. The zero-order chi connectivity index (χ0) is 14.1. The molecule has 0 saturated heterocycles. The number of nitrogens with one attached hydrogen (secondary N) is 1. The average molecular weight is 270 g/mol. The number of methoxy groups -OCH3 is 1. The summed E-state index contributed by atoms with van der Waals surface area (Å²) >= 11 is 0. The lowest BCUT2D eigenvalue weighted by molar-refractivity contribution is -0.148. The summed E-state index contributed by atoms with van der Waals surface area (Å²) in [5, 5.41) is 19.4. The second-order valence-corrected chi connectivity index (χ2v) is 3.31. The van der Waals surface area contributed by atoms with Crippen molar-refractivity contribution in [2.24, 2.45) is 0 Å². The van der Waals surface area contributed by atoms with Gasteiger partial charge in [-0.1, -0.05) is 0 Å². The Morgan fingerprint density at radius 3 is 2.44 bits per heavy atom. The maximum atomic E-state index is 12.1. The molecule has 0 bridgehead atoms. The number of nitrogens with zero attached hydrogens (tertiary/aromatic N) is 1. The molecular formula is C9H16F2N2O5. The highest BCUT2D eigenvalue weighted by atomic mass is 19.3. The second-order valence-electron chi connectivity index (χ2n) is 3.31. The number of carboxylic acid groups (broad SMARTS) is 1. The van der Waals surface area contributed by atoms with Gasteiger partial charge in [0.05, 0.1) is 19.7 Å². The van der Waals surface area contributed by atoms with E-state index in [4.69, 9.17) is 10.2 Å². The lowest BCUT2D eigenvalue weighted by atomic mass is 10.3. The number of urea groups is 1. The summed E-state index contributed by atoms with van der Waals surface area (Å²) in [6.45, 7) is -1.92. The summed E-state index contributed by atoms with van der Waals surface area (Å²) in [5.74, 6) is -1.28. The number of alkyl halides is 2. The van der Waals surface area contributed by atoms with Gasteiger partial charge >= 0.3 is 12.0 Å². The third-order valence-electron chi connectivity index (χ3n) is 2.01. The Bertz CT molecular complexity index is 278. The number of carbonyl (C=O) groups is 2. The maximum absolute atomic E-state index is 12.1. The van der Waals surface area contributed by atoms with E-state index >= 15 is 0 Å². The molecule has 2 amide bonds. The zero-order valence-corrected chi connectivity index (χ0v) is 9.81. The van der Waals surface area contributed by atoms with Crippen LogP contribution in [0.4, 0.5) is 13.6 Å². The van der Waals surface area contributed by atoms with Gasteiger partial charge in [0.15, 0.2) is 6.10 Å². The summed E-state index contributed by atoms with van der Waals surface area (Å²) < 4.78 is 28.8. The summed E-state index contributed by atoms with van der Waals surface area (Å²) in [6.07, 6.45) is -3.99. The lowest BCUT2D eigenvalue weighted by Gasteiger charge is -2.22. The van der Waals surface area contributed by atoms with Crippen molar-refractivity contribution >= 4 is 12.0 Å². The molecule has 9 heteroatoms. The predicted molar refractivity (Wildman–Crippen MR) is 56.5 cm³/mol. The van der Waals surface area contributed by atoms with Gasteiger partial charge < -0.3 is 25.2 Å². The maximum Gasteiger partial charge on any atom is 0.334 e.